The Bertz CT molecular complexity index is 517. The number of carbonyl (C=O) groups excluding carboxylic acids is 2. The van der Waals surface area contributed by atoms with E-state index in [4.69, 9.17) is 14.2 Å². The van der Waals surface area contributed by atoms with Crippen molar-refractivity contribution in [3.8, 4) is 11.5 Å². The van der Waals surface area contributed by atoms with E-state index in [2.05, 4.69) is 10.1 Å². The van der Waals surface area contributed by atoms with E-state index < -0.39 is 5.97 Å². The van der Waals surface area contributed by atoms with Crippen LogP contribution in [0, 0.1) is 0 Å². The van der Waals surface area contributed by atoms with E-state index in [1.54, 1.807) is 19.2 Å². The molecule has 0 aliphatic heterocycles. The molecule has 0 fully saturated rings. The predicted molar refractivity (Wildman–Crippen MR) is 79.3 cm³/mol. The summed E-state index contributed by atoms with van der Waals surface area (Å²) < 4.78 is 20.1. The molecular formula is C15H21NO6. The third kappa shape index (κ3) is 5.25. The number of benzene rings is 1. The molecule has 7 nitrogen and oxygen atoms in total. The highest BCUT2D eigenvalue weighted by Gasteiger charge is 2.16. The standard InChI is InChI=1S/C15H21NO6/c1-10(8-19-2)16-14(17)9-22-13-6-5-11(20-3)7-12(13)15(18)21-4/h5-7,10H,8-9H2,1-4H3,(H,16,17)/t10-/m1/s1. The molecule has 0 saturated heterocycles. The van der Waals surface area contributed by atoms with Crippen LogP contribution in [0.15, 0.2) is 18.2 Å². The van der Waals surface area contributed by atoms with Crippen LogP contribution in [0.25, 0.3) is 0 Å². The van der Waals surface area contributed by atoms with Crippen molar-refractivity contribution in [1.82, 2.24) is 5.32 Å². The van der Waals surface area contributed by atoms with Gasteiger partial charge in [0.1, 0.15) is 17.1 Å². The summed E-state index contributed by atoms with van der Waals surface area (Å²) in [4.78, 5) is 23.5. The maximum Gasteiger partial charge on any atom is 0.341 e. The Morgan fingerprint density at radius 3 is 2.55 bits per heavy atom. The largest absolute Gasteiger partial charge is 0.497 e. The normalized spacial score (nSPS) is 11.5. The molecule has 22 heavy (non-hydrogen) atoms. The van der Waals surface area contributed by atoms with Crippen molar-refractivity contribution in [1.29, 1.82) is 0 Å². The monoisotopic (exact) mass is 311 g/mol. The lowest BCUT2D eigenvalue weighted by Crippen LogP contribution is -2.38. The molecule has 0 saturated carbocycles. The molecule has 1 N–H and O–H groups in total. The number of ether oxygens (including phenoxy) is 4. The number of nitrogens with one attached hydrogen (secondary N) is 1. The average Bonchev–Trinajstić information content (AvgIpc) is 2.52. The van der Waals surface area contributed by atoms with Crippen LogP contribution in [-0.2, 0) is 14.3 Å². The van der Waals surface area contributed by atoms with Crippen molar-refractivity contribution in [2.24, 2.45) is 0 Å². The summed E-state index contributed by atoms with van der Waals surface area (Å²) >= 11 is 0. The second-order valence-corrected chi connectivity index (χ2v) is 4.57. The van der Waals surface area contributed by atoms with Crippen LogP contribution in [-0.4, -0.2) is 52.5 Å². The van der Waals surface area contributed by atoms with Gasteiger partial charge < -0.3 is 24.3 Å². The Hall–Kier alpha value is -2.28. The molecule has 0 unspecified atom stereocenters. The zero-order chi connectivity index (χ0) is 16.5. The van der Waals surface area contributed by atoms with Gasteiger partial charge in [-0.15, -0.1) is 0 Å². The van der Waals surface area contributed by atoms with Gasteiger partial charge in [0.2, 0.25) is 0 Å². The van der Waals surface area contributed by atoms with Crippen LogP contribution in [0.3, 0.4) is 0 Å². The highest BCUT2D eigenvalue weighted by Crippen LogP contribution is 2.24. The molecular weight excluding hydrogens is 290 g/mol. The van der Waals surface area contributed by atoms with E-state index in [1.165, 1.54) is 20.3 Å². The molecule has 0 bridgehead atoms. The molecule has 1 rings (SSSR count). The number of methoxy groups -OCH3 is 3. The summed E-state index contributed by atoms with van der Waals surface area (Å²) in [6.45, 7) is 2.00. The molecule has 1 aromatic carbocycles. The summed E-state index contributed by atoms with van der Waals surface area (Å²) in [5.74, 6) is -0.133. The summed E-state index contributed by atoms with van der Waals surface area (Å²) in [5.41, 5.74) is 0.194. The second-order valence-electron chi connectivity index (χ2n) is 4.57. The van der Waals surface area contributed by atoms with E-state index in [0.717, 1.165) is 0 Å². The topological polar surface area (TPSA) is 83.1 Å². The van der Waals surface area contributed by atoms with Gasteiger partial charge in [-0.05, 0) is 25.1 Å². The van der Waals surface area contributed by atoms with Crippen molar-refractivity contribution < 1.29 is 28.5 Å². The van der Waals surface area contributed by atoms with Crippen LogP contribution in [0.4, 0.5) is 0 Å². The van der Waals surface area contributed by atoms with Crippen molar-refractivity contribution in [3.05, 3.63) is 23.8 Å². The lowest BCUT2D eigenvalue weighted by molar-refractivity contribution is -0.124. The Balaban J connectivity index is 2.72. The van der Waals surface area contributed by atoms with E-state index >= 15 is 0 Å². The summed E-state index contributed by atoms with van der Waals surface area (Å²) in [7, 11) is 4.31. The van der Waals surface area contributed by atoms with Crippen LogP contribution >= 0.6 is 0 Å². The minimum atomic E-state index is -0.568. The summed E-state index contributed by atoms with van der Waals surface area (Å²) in [6.07, 6.45) is 0. The highest BCUT2D eigenvalue weighted by atomic mass is 16.5. The van der Waals surface area contributed by atoms with E-state index in [-0.39, 0.29) is 29.9 Å². The fraction of sp³-hybridized carbons (Fsp3) is 0.467. The summed E-state index contributed by atoms with van der Waals surface area (Å²) in [5, 5.41) is 2.71. The minimum absolute atomic E-state index is 0.128. The van der Waals surface area contributed by atoms with Gasteiger partial charge in [-0.2, -0.15) is 0 Å². The molecule has 0 aliphatic rings. The van der Waals surface area contributed by atoms with Gasteiger partial charge in [-0.25, -0.2) is 4.79 Å². The number of hydrogen-bond acceptors (Lipinski definition) is 6. The highest BCUT2D eigenvalue weighted by molar-refractivity contribution is 5.93. The minimum Gasteiger partial charge on any atom is -0.497 e. The van der Waals surface area contributed by atoms with E-state index in [1.807, 2.05) is 6.92 Å². The number of carbonyl (C=O) groups is 2. The van der Waals surface area contributed by atoms with Crippen LogP contribution in [0.5, 0.6) is 11.5 Å². The van der Waals surface area contributed by atoms with E-state index in [0.29, 0.717) is 12.4 Å². The third-order valence-electron chi connectivity index (χ3n) is 2.77. The fourth-order valence-electron chi connectivity index (χ4n) is 1.78. The van der Waals surface area contributed by atoms with Crippen LogP contribution < -0.4 is 14.8 Å². The smallest absolute Gasteiger partial charge is 0.341 e. The number of hydrogen-bond donors (Lipinski definition) is 1. The molecule has 7 heteroatoms. The number of esters is 1. The first-order chi connectivity index (χ1) is 10.5. The molecule has 1 aromatic rings. The Morgan fingerprint density at radius 1 is 1.23 bits per heavy atom. The van der Waals surface area contributed by atoms with Gasteiger partial charge in [-0.1, -0.05) is 0 Å². The summed E-state index contributed by atoms with van der Waals surface area (Å²) in [6, 6.07) is 4.55. The zero-order valence-corrected chi connectivity index (χ0v) is 13.2. The molecule has 122 valence electrons. The van der Waals surface area contributed by atoms with Crippen molar-refractivity contribution in [2.45, 2.75) is 13.0 Å². The molecule has 0 aliphatic carbocycles. The first-order valence-electron chi connectivity index (χ1n) is 6.69. The first-order valence-corrected chi connectivity index (χ1v) is 6.69. The average molecular weight is 311 g/mol. The van der Waals surface area contributed by atoms with Gasteiger partial charge in [0.15, 0.2) is 6.61 Å². The predicted octanol–water partition coefficient (Wildman–Crippen LogP) is 1.01. The van der Waals surface area contributed by atoms with Gasteiger partial charge in [0, 0.05) is 13.2 Å². The van der Waals surface area contributed by atoms with E-state index in [9.17, 15) is 9.59 Å². The Labute approximate surface area is 129 Å². The Morgan fingerprint density at radius 2 is 1.95 bits per heavy atom. The lowest BCUT2D eigenvalue weighted by Gasteiger charge is -2.14. The molecule has 0 spiro atoms. The van der Waals surface area contributed by atoms with Gasteiger partial charge >= 0.3 is 5.97 Å². The molecule has 0 heterocycles. The SMILES string of the molecule is COC[C@@H](C)NC(=O)COc1ccc(OC)cc1C(=O)OC. The second kappa shape index (κ2) is 8.89. The third-order valence-corrected chi connectivity index (χ3v) is 2.77. The lowest BCUT2D eigenvalue weighted by atomic mass is 10.2. The fourth-order valence-corrected chi connectivity index (χ4v) is 1.78. The maximum atomic E-state index is 11.7. The molecule has 1 atom stereocenters. The van der Waals surface area contributed by atoms with Gasteiger partial charge in [-0.3, -0.25) is 4.79 Å². The number of rotatable bonds is 8. The maximum absolute atomic E-state index is 11.7. The van der Waals surface area contributed by atoms with Crippen molar-refractivity contribution in [2.75, 3.05) is 34.5 Å². The van der Waals surface area contributed by atoms with Crippen molar-refractivity contribution >= 4 is 11.9 Å². The van der Waals surface area contributed by atoms with Gasteiger partial charge in [0.25, 0.3) is 5.91 Å². The van der Waals surface area contributed by atoms with Crippen LogP contribution in [0.1, 0.15) is 17.3 Å². The first kappa shape index (κ1) is 17.8. The number of amides is 1. The molecule has 0 radical (unpaired) electrons. The molecule has 0 aromatic heterocycles. The molecule has 1 amide bonds. The Kier molecular flexibility index (Phi) is 7.18. The quantitative estimate of drug-likeness (QED) is 0.722. The van der Waals surface area contributed by atoms with Crippen LogP contribution in [0.2, 0.25) is 0 Å². The van der Waals surface area contributed by atoms with Gasteiger partial charge in [0.05, 0.1) is 20.8 Å². The van der Waals surface area contributed by atoms with Crippen molar-refractivity contribution in [3.63, 3.8) is 0 Å². The zero-order valence-electron chi connectivity index (χ0n) is 13.2.